The summed E-state index contributed by atoms with van der Waals surface area (Å²) in [6, 6.07) is 7.51. The van der Waals surface area contributed by atoms with Gasteiger partial charge in [0.15, 0.2) is 0 Å². The minimum atomic E-state index is -0.948. The molecule has 1 fully saturated rings. The lowest BCUT2D eigenvalue weighted by molar-refractivity contribution is -0.0224. The summed E-state index contributed by atoms with van der Waals surface area (Å²) >= 11 is 0. The van der Waals surface area contributed by atoms with Crippen LogP contribution in [0.3, 0.4) is 0 Å². The molecule has 1 aromatic carbocycles. The van der Waals surface area contributed by atoms with Gasteiger partial charge < -0.3 is 14.4 Å². The lowest BCUT2D eigenvalue weighted by Gasteiger charge is -2.37. The Morgan fingerprint density at radius 3 is 2.43 bits per heavy atom. The van der Waals surface area contributed by atoms with Crippen molar-refractivity contribution in [2.45, 2.75) is 51.8 Å². The summed E-state index contributed by atoms with van der Waals surface area (Å²) in [4.78, 5) is 19.7. The van der Waals surface area contributed by atoms with E-state index >= 15 is 0 Å². The van der Waals surface area contributed by atoms with Gasteiger partial charge >= 0.3 is 0 Å². The van der Waals surface area contributed by atoms with Gasteiger partial charge in [-0.3, -0.25) is 9.78 Å². The molecule has 1 atom stereocenters. The van der Waals surface area contributed by atoms with Crippen molar-refractivity contribution in [2.75, 3.05) is 0 Å². The number of carbonyl (C=O) groups is 1. The molecule has 154 valence electrons. The highest BCUT2D eigenvalue weighted by molar-refractivity contribution is 6.04. The SMILES string of the molecule is Cc1nnc(-c2ccc(-c3cncc4c3C(=O)N([C@H](C3CC3)C(C)(C)O)C4)cc2)o1. The summed E-state index contributed by atoms with van der Waals surface area (Å²) in [5.41, 5.74) is 3.17. The lowest BCUT2D eigenvalue weighted by atomic mass is 9.93. The van der Waals surface area contributed by atoms with Crippen molar-refractivity contribution in [3.05, 3.63) is 53.7 Å². The van der Waals surface area contributed by atoms with Gasteiger partial charge in [0.25, 0.3) is 5.91 Å². The maximum Gasteiger partial charge on any atom is 0.255 e. The normalized spacial score (nSPS) is 17.3. The third-order valence-corrected chi connectivity index (χ3v) is 5.94. The first kappa shape index (κ1) is 18.9. The fourth-order valence-corrected chi connectivity index (χ4v) is 4.55. The van der Waals surface area contributed by atoms with E-state index in [9.17, 15) is 9.90 Å². The van der Waals surface area contributed by atoms with Gasteiger partial charge in [-0.25, -0.2) is 0 Å². The van der Waals surface area contributed by atoms with Gasteiger partial charge in [-0.2, -0.15) is 0 Å². The van der Waals surface area contributed by atoms with E-state index in [1.54, 1.807) is 33.2 Å². The van der Waals surface area contributed by atoms with Gasteiger partial charge in [0.1, 0.15) is 0 Å². The predicted molar refractivity (Wildman–Crippen MR) is 110 cm³/mol. The highest BCUT2D eigenvalue weighted by atomic mass is 16.4. The number of fused-ring (bicyclic) bond motifs is 1. The van der Waals surface area contributed by atoms with Gasteiger partial charge in [-0.05, 0) is 50.3 Å². The Morgan fingerprint density at radius 1 is 1.13 bits per heavy atom. The highest BCUT2D eigenvalue weighted by Gasteiger charge is 2.48. The van der Waals surface area contributed by atoms with Crippen molar-refractivity contribution in [1.29, 1.82) is 0 Å². The fraction of sp³-hybridized carbons (Fsp3) is 0.391. The highest BCUT2D eigenvalue weighted by Crippen LogP contribution is 2.44. The Bertz CT molecular complexity index is 1110. The van der Waals surface area contributed by atoms with Crippen LogP contribution in [0.15, 0.2) is 41.1 Å². The maximum absolute atomic E-state index is 13.5. The summed E-state index contributed by atoms with van der Waals surface area (Å²) in [6.07, 6.45) is 5.61. The number of nitrogens with zero attached hydrogens (tertiary/aromatic N) is 4. The molecule has 0 unspecified atom stereocenters. The topological polar surface area (TPSA) is 92.4 Å². The van der Waals surface area contributed by atoms with Crippen LogP contribution in [0.1, 0.15) is 48.5 Å². The van der Waals surface area contributed by atoms with Crippen molar-refractivity contribution >= 4 is 5.91 Å². The van der Waals surface area contributed by atoms with E-state index in [1.165, 1.54) is 0 Å². The predicted octanol–water partition coefficient (Wildman–Crippen LogP) is 3.61. The number of rotatable bonds is 5. The average molecular weight is 404 g/mol. The largest absolute Gasteiger partial charge is 0.421 e. The zero-order chi connectivity index (χ0) is 21.0. The second-order valence-electron chi connectivity index (χ2n) is 8.79. The van der Waals surface area contributed by atoms with Crippen LogP contribution in [0.4, 0.5) is 0 Å². The molecule has 1 N–H and O–H groups in total. The molecule has 1 amide bonds. The number of aryl methyl sites for hydroxylation is 1. The zero-order valence-electron chi connectivity index (χ0n) is 17.3. The molecule has 3 heterocycles. The minimum Gasteiger partial charge on any atom is -0.421 e. The summed E-state index contributed by atoms with van der Waals surface area (Å²) in [5.74, 6) is 1.31. The first-order chi connectivity index (χ1) is 14.3. The minimum absolute atomic E-state index is 0.0296. The molecule has 7 heteroatoms. The molecular formula is C23H24N4O3. The number of hydrogen-bond donors (Lipinski definition) is 1. The number of hydrogen-bond acceptors (Lipinski definition) is 6. The molecule has 1 saturated carbocycles. The quantitative estimate of drug-likeness (QED) is 0.698. The summed E-state index contributed by atoms with van der Waals surface area (Å²) < 4.78 is 5.49. The second-order valence-corrected chi connectivity index (χ2v) is 8.79. The van der Waals surface area contributed by atoms with Crippen LogP contribution in [0.2, 0.25) is 0 Å². The molecule has 3 aromatic rings. The van der Waals surface area contributed by atoms with Gasteiger partial charge in [0.05, 0.1) is 17.2 Å². The van der Waals surface area contributed by atoms with Crippen molar-refractivity contribution in [1.82, 2.24) is 20.1 Å². The maximum atomic E-state index is 13.5. The Hall–Kier alpha value is -3.06. The number of pyridine rings is 1. The van der Waals surface area contributed by atoms with Crippen molar-refractivity contribution in [3.8, 4) is 22.6 Å². The van der Waals surface area contributed by atoms with E-state index in [0.29, 0.717) is 29.8 Å². The molecule has 0 bridgehead atoms. The van der Waals surface area contributed by atoms with E-state index in [2.05, 4.69) is 15.2 Å². The van der Waals surface area contributed by atoms with Gasteiger partial charge in [0.2, 0.25) is 11.8 Å². The molecule has 30 heavy (non-hydrogen) atoms. The van der Waals surface area contributed by atoms with Gasteiger partial charge in [0, 0.05) is 42.6 Å². The number of aromatic nitrogens is 3. The first-order valence-electron chi connectivity index (χ1n) is 10.2. The molecular weight excluding hydrogens is 380 g/mol. The van der Waals surface area contributed by atoms with Crippen molar-refractivity contribution < 1.29 is 14.3 Å². The Balaban J connectivity index is 1.49. The first-order valence-corrected chi connectivity index (χ1v) is 10.2. The number of carbonyl (C=O) groups excluding carboxylic acids is 1. The molecule has 7 nitrogen and oxygen atoms in total. The monoisotopic (exact) mass is 404 g/mol. The second kappa shape index (κ2) is 6.74. The van der Waals surface area contributed by atoms with Crippen LogP contribution in [-0.2, 0) is 6.54 Å². The molecule has 0 spiro atoms. The average Bonchev–Trinajstić information content (AvgIpc) is 3.35. The number of amides is 1. The number of benzene rings is 1. The smallest absolute Gasteiger partial charge is 0.255 e. The standard InChI is InChI=1S/C23H24N4O3/c1-13-25-26-21(30-13)16-8-4-14(5-9-16)18-11-24-10-17-12-27(22(28)19(17)18)20(15-6-7-15)23(2,3)29/h4-5,8-11,15,20,29H,6-7,12H2,1-3H3/t20-/m1/s1. The van der Waals surface area contributed by atoms with Crippen LogP contribution >= 0.6 is 0 Å². The third kappa shape index (κ3) is 3.19. The molecule has 2 aliphatic rings. The molecule has 0 radical (unpaired) electrons. The van der Waals surface area contributed by atoms with E-state index < -0.39 is 5.60 Å². The molecule has 0 saturated heterocycles. The van der Waals surface area contributed by atoms with E-state index in [0.717, 1.165) is 35.1 Å². The van der Waals surface area contributed by atoms with E-state index in [1.807, 2.05) is 29.2 Å². The van der Waals surface area contributed by atoms with Crippen LogP contribution in [-0.4, -0.2) is 42.7 Å². The van der Waals surface area contributed by atoms with Crippen LogP contribution in [0, 0.1) is 12.8 Å². The van der Waals surface area contributed by atoms with Crippen molar-refractivity contribution in [2.24, 2.45) is 5.92 Å². The Kier molecular flexibility index (Phi) is 4.25. The van der Waals surface area contributed by atoms with Gasteiger partial charge in [-0.15, -0.1) is 10.2 Å². The van der Waals surface area contributed by atoms with Crippen molar-refractivity contribution in [3.63, 3.8) is 0 Å². The third-order valence-electron chi connectivity index (χ3n) is 5.94. The summed E-state index contributed by atoms with van der Waals surface area (Å²) in [7, 11) is 0. The molecule has 2 aromatic heterocycles. The zero-order valence-corrected chi connectivity index (χ0v) is 17.3. The summed E-state index contributed by atoms with van der Waals surface area (Å²) in [6.45, 7) is 5.83. The number of aliphatic hydroxyl groups is 1. The molecule has 5 rings (SSSR count). The van der Waals surface area contributed by atoms with E-state index in [-0.39, 0.29) is 11.9 Å². The Morgan fingerprint density at radius 2 is 1.83 bits per heavy atom. The Labute approximate surface area is 174 Å². The van der Waals surface area contributed by atoms with Crippen LogP contribution < -0.4 is 0 Å². The molecule has 1 aliphatic carbocycles. The van der Waals surface area contributed by atoms with Gasteiger partial charge in [-0.1, -0.05) is 12.1 Å². The molecule has 1 aliphatic heterocycles. The lowest BCUT2D eigenvalue weighted by Crippen LogP contribution is -2.51. The fourth-order valence-electron chi connectivity index (χ4n) is 4.55. The van der Waals surface area contributed by atoms with Crippen LogP contribution in [0.5, 0.6) is 0 Å². The van der Waals surface area contributed by atoms with E-state index in [4.69, 9.17) is 4.42 Å². The summed E-state index contributed by atoms with van der Waals surface area (Å²) in [5, 5.41) is 18.7. The van der Waals surface area contributed by atoms with Crippen LogP contribution in [0.25, 0.3) is 22.6 Å².